The topological polar surface area (TPSA) is 125 Å². The van der Waals surface area contributed by atoms with Crippen molar-refractivity contribution in [1.29, 1.82) is 0 Å². The molecule has 2 aliphatic rings. The first-order valence-electron chi connectivity index (χ1n) is 13.8. The molecule has 12 heteroatoms. The summed E-state index contributed by atoms with van der Waals surface area (Å²) in [7, 11) is -5.34. The van der Waals surface area contributed by atoms with Gasteiger partial charge in [-0.2, -0.15) is 14.4 Å². The highest BCUT2D eigenvalue weighted by Crippen LogP contribution is 2.56. The molecule has 0 radical (unpaired) electrons. The van der Waals surface area contributed by atoms with Crippen molar-refractivity contribution in [2.45, 2.75) is 13.0 Å². The Bertz CT molecular complexity index is 1750. The summed E-state index contributed by atoms with van der Waals surface area (Å²) in [6, 6.07) is 33.9. The zero-order chi connectivity index (χ0) is 31.3. The molecule has 0 spiro atoms. The molecule has 0 saturated carbocycles. The predicted molar refractivity (Wildman–Crippen MR) is 171 cm³/mol. The number of hydrogen-bond donors (Lipinski definition) is 0. The number of allylic oxidation sites excluding steroid dienone is 1. The summed E-state index contributed by atoms with van der Waals surface area (Å²) in [5.74, 6) is 2.41. The quantitative estimate of drug-likeness (QED) is 0.175. The van der Waals surface area contributed by atoms with Crippen LogP contribution in [0.3, 0.4) is 0 Å². The molecule has 0 N–H and O–H groups in total. The summed E-state index contributed by atoms with van der Waals surface area (Å²) in [5.41, 5.74) is 0.610. The van der Waals surface area contributed by atoms with E-state index in [0.717, 1.165) is 4.68 Å². The number of aromatic nitrogens is 2. The van der Waals surface area contributed by atoms with Crippen LogP contribution in [0, 0.1) is 0 Å². The molecule has 226 valence electrons. The van der Waals surface area contributed by atoms with E-state index in [9.17, 15) is 22.6 Å². The van der Waals surface area contributed by atoms with Gasteiger partial charge in [0.25, 0.3) is 5.56 Å². The monoisotopic (exact) mass is 630 g/mol. The molecule has 0 aliphatic carbocycles. The number of aryl methyl sites for hydroxylation is 1. The molecule has 10 nitrogen and oxygen atoms in total. The number of rotatable bonds is 7. The van der Waals surface area contributed by atoms with Crippen LogP contribution in [0.2, 0.25) is 0 Å². The van der Waals surface area contributed by atoms with Crippen LogP contribution in [0.15, 0.2) is 126 Å². The van der Waals surface area contributed by atoms with Gasteiger partial charge in [-0.3, -0.25) is 4.79 Å². The van der Waals surface area contributed by atoms with Gasteiger partial charge in [-0.15, -0.1) is 0 Å². The van der Waals surface area contributed by atoms with Crippen molar-refractivity contribution in [1.82, 2.24) is 19.7 Å². The van der Waals surface area contributed by atoms with Crippen LogP contribution in [-0.4, -0.2) is 57.9 Å². The number of amides is 2. The number of carbonyl (C=O) groups is 1. The molecule has 1 aromatic heterocycles. The van der Waals surface area contributed by atoms with Gasteiger partial charge in [0.05, 0.1) is 18.1 Å². The highest BCUT2D eigenvalue weighted by atomic mass is 32.3. The van der Waals surface area contributed by atoms with Crippen molar-refractivity contribution in [2.24, 2.45) is 7.05 Å². The minimum absolute atomic E-state index is 0.171. The van der Waals surface area contributed by atoms with Crippen molar-refractivity contribution >= 4 is 45.2 Å². The number of nitrogens with zero attached hydrogens (tertiary/aromatic N) is 4. The molecule has 2 bridgehead atoms. The Morgan fingerprint density at radius 3 is 1.84 bits per heavy atom. The average Bonchev–Trinajstić information content (AvgIpc) is 3.26. The smallest absolute Gasteiger partial charge is 0.346 e. The van der Waals surface area contributed by atoms with Gasteiger partial charge < -0.3 is 9.45 Å². The summed E-state index contributed by atoms with van der Waals surface area (Å²) in [6.07, 6.45) is 3.88. The van der Waals surface area contributed by atoms with Crippen LogP contribution in [-0.2, 0) is 21.7 Å². The van der Waals surface area contributed by atoms with Crippen LogP contribution in [0.1, 0.15) is 12.6 Å². The van der Waals surface area contributed by atoms with E-state index in [1.807, 2.05) is 0 Å². The summed E-state index contributed by atoms with van der Waals surface area (Å²) in [6.45, 7) is 2.52. The lowest BCUT2D eigenvalue weighted by Gasteiger charge is -2.24. The highest BCUT2D eigenvalue weighted by molar-refractivity contribution is 7.98. The highest BCUT2D eigenvalue weighted by Gasteiger charge is 2.45. The van der Waals surface area contributed by atoms with E-state index >= 15 is 0 Å². The van der Waals surface area contributed by atoms with Crippen LogP contribution < -0.4 is 21.5 Å². The van der Waals surface area contributed by atoms with Crippen molar-refractivity contribution in [3.8, 4) is 0 Å². The third-order valence-corrected chi connectivity index (χ3v) is 11.7. The molecular weight excluding hydrogens is 599 g/mol. The van der Waals surface area contributed by atoms with Crippen molar-refractivity contribution in [3.05, 3.63) is 137 Å². The minimum atomic E-state index is -5.07. The largest absolute Gasteiger partial charge is 0.724 e. The second kappa shape index (κ2) is 13.1. The molecule has 1 unspecified atom stereocenters. The molecule has 3 aromatic carbocycles. The van der Waals surface area contributed by atoms with E-state index in [4.69, 9.17) is 0 Å². The molecule has 1 saturated heterocycles. The first-order chi connectivity index (χ1) is 21.1. The maximum Gasteiger partial charge on any atom is 0.346 e. The van der Waals surface area contributed by atoms with E-state index < -0.39 is 29.7 Å². The Balaban J connectivity index is 0.000000175. The molecule has 44 heavy (non-hydrogen) atoms. The first-order valence-corrected chi connectivity index (χ1v) is 17.0. The number of urea groups is 1. The van der Waals surface area contributed by atoms with Gasteiger partial charge in [0.1, 0.15) is 29.2 Å². The second-order valence-electron chi connectivity index (χ2n) is 10.1. The van der Waals surface area contributed by atoms with E-state index in [2.05, 4.69) is 119 Å². The first kappa shape index (κ1) is 31.0. The van der Waals surface area contributed by atoms with Gasteiger partial charge in [0.15, 0.2) is 0 Å². The fourth-order valence-electron chi connectivity index (χ4n) is 5.39. The van der Waals surface area contributed by atoms with Crippen LogP contribution in [0.25, 0.3) is 5.57 Å². The van der Waals surface area contributed by atoms with Crippen LogP contribution in [0.5, 0.6) is 0 Å². The van der Waals surface area contributed by atoms with Gasteiger partial charge in [0.2, 0.25) is 10.4 Å². The maximum absolute atomic E-state index is 12.0. The molecule has 1 fully saturated rings. The molecule has 2 aliphatic heterocycles. The van der Waals surface area contributed by atoms with Crippen LogP contribution in [0.4, 0.5) is 4.79 Å². The van der Waals surface area contributed by atoms with E-state index in [1.165, 1.54) is 40.0 Å². The lowest BCUT2D eigenvalue weighted by atomic mass is 10.0. The zero-order valence-electron chi connectivity index (χ0n) is 24.1. The molecule has 2 amide bonds. The Kier molecular flexibility index (Phi) is 9.22. The molecular formula is C32H31N4O6PS. The number of benzene rings is 3. The van der Waals surface area contributed by atoms with E-state index in [1.54, 1.807) is 6.08 Å². The number of fused-ring (bicyclic) bond motifs is 2. The van der Waals surface area contributed by atoms with Crippen LogP contribution >= 0.6 is 7.26 Å². The van der Waals surface area contributed by atoms with Gasteiger partial charge >= 0.3 is 6.03 Å². The Morgan fingerprint density at radius 2 is 1.39 bits per heavy atom. The molecule has 3 heterocycles. The Morgan fingerprint density at radius 1 is 0.864 bits per heavy atom. The molecule has 1 atom stereocenters. The van der Waals surface area contributed by atoms with E-state index in [-0.39, 0.29) is 18.6 Å². The predicted octanol–water partition coefficient (Wildman–Crippen LogP) is 3.19. The standard InChI is InChI=1S/C21H20P.C11H12N4O6S/c1-2-18-22(19-12-6-3-7-13-19,20-14-8-4-9-15-20)21-16-10-5-11-17-21;1-13-10(16)3-2-8(12-13)7-4-5-14-6-9(7)15(11(14)17)21-22(18,19)20/h2-18H,1H3;2-4,9H,5-6H2,1H3,(H,18,19,20)/q+1;/p-1. The molecule has 4 aromatic rings. The third-order valence-electron chi connectivity index (χ3n) is 7.32. The van der Waals surface area contributed by atoms with Gasteiger partial charge in [-0.1, -0.05) is 66.7 Å². The van der Waals surface area contributed by atoms with E-state index in [0.29, 0.717) is 16.3 Å². The van der Waals surface area contributed by atoms with Crippen molar-refractivity contribution in [3.63, 3.8) is 0 Å². The fourth-order valence-corrected chi connectivity index (χ4v) is 9.54. The lowest BCUT2D eigenvalue weighted by Crippen LogP contribution is -2.36. The Labute approximate surface area is 256 Å². The molecule has 6 rings (SSSR count). The van der Waals surface area contributed by atoms with Gasteiger partial charge in [-0.25, -0.2) is 17.9 Å². The normalized spacial score (nSPS) is 16.5. The maximum atomic E-state index is 12.0. The van der Waals surface area contributed by atoms with Gasteiger partial charge in [-0.05, 0) is 49.4 Å². The third kappa shape index (κ3) is 6.41. The summed E-state index contributed by atoms with van der Waals surface area (Å²) in [4.78, 5) is 24.7. The summed E-state index contributed by atoms with van der Waals surface area (Å²) in [5, 5.41) is 8.78. The van der Waals surface area contributed by atoms with Crippen molar-refractivity contribution < 1.29 is 22.0 Å². The number of hydrogen-bond acceptors (Lipinski definition) is 7. The Hall–Kier alpha value is -4.41. The second-order valence-corrected chi connectivity index (χ2v) is 14.3. The summed E-state index contributed by atoms with van der Waals surface area (Å²) < 4.78 is 37.7. The average molecular weight is 631 g/mol. The summed E-state index contributed by atoms with van der Waals surface area (Å²) >= 11 is 0. The van der Waals surface area contributed by atoms with Gasteiger partial charge in [0, 0.05) is 25.2 Å². The lowest BCUT2D eigenvalue weighted by molar-refractivity contribution is -0.0172. The zero-order valence-corrected chi connectivity index (χ0v) is 25.8. The number of carbonyl (C=O) groups excluding carboxylic acids is 1. The minimum Gasteiger partial charge on any atom is -0.724 e. The SMILES string of the molecule is CC=C[P+](c1ccccc1)(c1ccccc1)c1ccccc1.Cn1nc(C2=CCN3CC2N(OS(=O)(=O)[O-])C3=O)ccc1=O. The fraction of sp³-hybridized carbons (Fsp3) is 0.156. The number of hydroxylamine groups is 2. The van der Waals surface area contributed by atoms with Crippen molar-refractivity contribution in [2.75, 3.05) is 13.1 Å².